The number of hydrogen-bond acceptors (Lipinski definition) is 5. The molecule has 1 aromatic heterocycles. The average molecular weight is 465 g/mol. The van der Waals surface area contributed by atoms with Crippen LogP contribution < -0.4 is 10.2 Å². The second-order valence-electron chi connectivity index (χ2n) is 7.51. The first-order valence-electron chi connectivity index (χ1n) is 9.77. The van der Waals surface area contributed by atoms with E-state index < -0.39 is 23.8 Å². The molecule has 9 heteroatoms. The molecular weight excluding hydrogens is 448 g/mol. The van der Waals surface area contributed by atoms with Crippen LogP contribution in [0.4, 0.5) is 10.5 Å². The van der Waals surface area contributed by atoms with E-state index in [2.05, 4.69) is 5.32 Å². The van der Waals surface area contributed by atoms with Gasteiger partial charge in [0.15, 0.2) is 0 Å². The third kappa shape index (κ3) is 4.28. The highest BCUT2D eigenvalue weighted by Gasteiger charge is 2.37. The third-order valence-corrected chi connectivity index (χ3v) is 5.29. The Labute approximate surface area is 193 Å². The van der Waals surface area contributed by atoms with Crippen LogP contribution in [0.3, 0.4) is 0 Å². The number of nitrogens with zero attached hydrogens (tertiary/aromatic N) is 1. The number of rotatable bonds is 4. The average Bonchev–Trinajstić information content (AvgIpc) is 3.19. The molecule has 0 atom stereocenters. The van der Waals surface area contributed by atoms with Crippen LogP contribution in [0.1, 0.15) is 27.2 Å². The van der Waals surface area contributed by atoms with E-state index in [0.29, 0.717) is 11.3 Å². The number of barbiturate groups is 1. The zero-order valence-corrected chi connectivity index (χ0v) is 18.3. The maximum absolute atomic E-state index is 13.1. The van der Waals surface area contributed by atoms with Gasteiger partial charge in [-0.15, -0.1) is 0 Å². The van der Waals surface area contributed by atoms with Crippen LogP contribution >= 0.6 is 11.6 Å². The van der Waals surface area contributed by atoms with E-state index in [1.165, 1.54) is 36.4 Å². The van der Waals surface area contributed by atoms with E-state index >= 15 is 0 Å². The Balaban J connectivity index is 1.71. The fourth-order valence-electron chi connectivity index (χ4n) is 3.54. The highest BCUT2D eigenvalue weighted by Crippen LogP contribution is 2.31. The summed E-state index contributed by atoms with van der Waals surface area (Å²) in [6, 6.07) is 11.6. The predicted molar refractivity (Wildman–Crippen MR) is 121 cm³/mol. The summed E-state index contributed by atoms with van der Waals surface area (Å²) in [6.07, 6.45) is 1.22. The molecule has 2 heterocycles. The molecule has 8 nitrogen and oxygen atoms in total. The van der Waals surface area contributed by atoms with Gasteiger partial charge in [-0.25, -0.2) is 14.5 Å². The minimum Gasteiger partial charge on any atom is -0.478 e. The zero-order chi connectivity index (χ0) is 23.9. The fraction of sp³-hybridized carbons (Fsp3) is 0.0833. The van der Waals surface area contributed by atoms with E-state index in [-0.39, 0.29) is 27.7 Å². The van der Waals surface area contributed by atoms with Crippen molar-refractivity contribution in [2.45, 2.75) is 13.8 Å². The zero-order valence-electron chi connectivity index (χ0n) is 17.5. The number of carboxylic acids is 1. The number of furan rings is 1. The number of carbonyl (C=O) groups excluding carboxylic acids is 3. The van der Waals surface area contributed by atoms with E-state index in [9.17, 15) is 24.3 Å². The van der Waals surface area contributed by atoms with Gasteiger partial charge in [0.25, 0.3) is 11.8 Å². The molecule has 1 saturated heterocycles. The van der Waals surface area contributed by atoms with E-state index in [4.69, 9.17) is 16.0 Å². The summed E-state index contributed by atoms with van der Waals surface area (Å²) in [5.74, 6) is -2.37. The number of halogens is 1. The number of aromatic carboxylic acids is 1. The Bertz CT molecular complexity index is 1350. The monoisotopic (exact) mass is 464 g/mol. The molecule has 2 aromatic carbocycles. The summed E-state index contributed by atoms with van der Waals surface area (Å²) in [7, 11) is 0. The highest BCUT2D eigenvalue weighted by atomic mass is 35.5. The van der Waals surface area contributed by atoms with Crippen LogP contribution in [0.15, 0.2) is 58.5 Å². The van der Waals surface area contributed by atoms with Crippen molar-refractivity contribution in [1.82, 2.24) is 5.32 Å². The Kier molecular flexibility index (Phi) is 5.61. The van der Waals surface area contributed by atoms with Gasteiger partial charge in [-0.05, 0) is 73.5 Å². The molecule has 1 aliphatic heterocycles. The predicted octanol–water partition coefficient (Wildman–Crippen LogP) is 4.58. The van der Waals surface area contributed by atoms with Crippen LogP contribution in [0.5, 0.6) is 0 Å². The number of carbonyl (C=O) groups is 4. The lowest BCUT2D eigenvalue weighted by molar-refractivity contribution is -0.122. The molecule has 0 spiro atoms. The first kappa shape index (κ1) is 22.0. The lowest BCUT2D eigenvalue weighted by atomic mass is 10.1. The number of carboxylic acid groups (broad SMARTS) is 1. The number of nitrogens with one attached hydrogen (secondary N) is 1. The van der Waals surface area contributed by atoms with Gasteiger partial charge in [-0.2, -0.15) is 0 Å². The Morgan fingerprint density at radius 3 is 2.39 bits per heavy atom. The van der Waals surface area contributed by atoms with Gasteiger partial charge in [-0.3, -0.25) is 14.9 Å². The topological polar surface area (TPSA) is 117 Å². The SMILES string of the molecule is Cc1cc(C)cc(N2C(=O)NC(=O)/C(=C\c3ccc(-c4cc(C(=O)O)ccc4Cl)o3)C2=O)c1. The Morgan fingerprint density at radius 1 is 1.03 bits per heavy atom. The first-order valence-corrected chi connectivity index (χ1v) is 10.1. The van der Waals surface area contributed by atoms with Crippen molar-refractivity contribution < 1.29 is 28.7 Å². The van der Waals surface area contributed by atoms with Crippen molar-refractivity contribution in [2.75, 3.05) is 4.90 Å². The Morgan fingerprint density at radius 2 is 1.73 bits per heavy atom. The van der Waals surface area contributed by atoms with Gasteiger partial charge in [0, 0.05) is 5.56 Å². The third-order valence-electron chi connectivity index (χ3n) is 4.96. The van der Waals surface area contributed by atoms with Crippen LogP contribution in [0.25, 0.3) is 17.4 Å². The number of urea groups is 1. The Hall–Kier alpha value is -4.17. The van der Waals surface area contributed by atoms with Gasteiger partial charge < -0.3 is 9.52 Å². The maximum atomic E-state index is 13.1. The smallest absolute Gasteiger partial charge is 0.335 e. The minimum atomic E-state index is -1.12. The molecule has 1 fully saturated rings. The number of anilines is 1. The largest absolute Gasteiger partial charge is 0.478 e. The van der Waals surface area contributed by atoms with Crippen molar-refractivity contribution in [3.63, 3.8) is 0 Å². The number of aryl methyl sites for hydroxylation is 2. The normalized spacial score (nSPS) is 15.2. The van der Waals surface area contributed by atoms with Gasteiger partial charge >= 0.3 is 12.0 Å². The molecule has 3 aromatic rings. The molecule has 0 bridgehead atoms. The molecule has 1 aliphatic rings. The number of imide groups is 2. The molecule has 4 rings (SSSR count). The van der Waals surface area contributed by atoms with Crippen molar-refractivity contribution >= 4 is 47.2 Å². The molecule has 166 valence electrons. The second kappa shape index (κ2) is 8.40. The molecule has 4 amide bonds. The lowest BCUT2D eigenvalue weighted by Crippen LogP contribution is -2.54. The quantitative estimate of drug-likeness (QED) is 0.431. The standard InChI is InChI=1S/C24H17ClN2O6/c1-12-7-13(2)9-15(8-12)27-22(29)18(21(28)26-24(27)32)11-16-4-6-20(33-16)17-10-14(23(30)31)3-5-19(17)25/h3-11H,1-2H3,(H,30,31)(H,26,28,32)/b18-11+. The maximum Gasteiger partial charge on any atom is 0.335 e. The summed E-state index contributed by atoms with van der Waals surface area (Å²) < 4.78 is 5.70. The number of hydrogen-bond donors (Lipinski definition) is 2. The van der Waals surface area contributed by atoms with E-state index in [1.807, 2.05) is 19.9 Å². The van der Waals surface area contributed by atoms with E-state index in [0.717, 1.165) is 16.0 Å². The molecule has 2 N–H and O–H groups in total. The summed E-state index contributed by atoms with van der Waals surface area (Å²) in [5.41, 5.74) is 2.11. The molecular formula is C24H17ClN2O6. The molecule has 0 unspecified atom stereocenters. The molecule has 33 heavy (non-hydrogen) atoms. The van der Waals surface area contributed by atoms with Crippen molar-refractivity contribution in [3.05, 3.63) is 81.6 Å². The number of amides is 4. The van der Waals surface area contributed by atoms with Gasteiger partial charge in [0.05, 0.1) is 16.3 Å². The highest BCUT2D eigenvalue weighted by molar-refractivity contribution is 6.39. The van der Waals surface area contributed by atoms with Crippen LogP contribution in [-0.4, -0.2) is 28.9 Å². The molecule has 0 saturated carbocycles. The summed E-state index contributed by atoms with van der Waals surface area (Å²) >= 11 is 6.18. The van der Waals surface area contributed by atoms with Crippen molar-refractivity contribution in [2.24, 2.45) is 0 Å². The first-order chi connectivity index (χ1) is 15.6. The second-order valence-corrected chi connectivity index (χ2v) is 7.91. The lowest BCUT2D eigenvalue weighted by Gasteiger charge is -2.26. The molecule has 0 aliphatic carbocycles. The molecule has 0 radical (unpaired) electrons. The van der Waals surface area contributed by atoms with Crippen molar-refractivity contribution in [1.29, 1.82) is 0 Å². The van der Waals surface area contributed by atoms with Gasteiger partial charge in [0.1, 0.15) is 17.1 Å². The van der Waals surface area contributed by atoms with E-state index in [1.54, 1.807) is 12.1 Å². The fourth-order valence-corrected chi connectivity index (χ4v) is 3.75. The van der Waals surface area contributed by atoms with Gasteiger partial charge in [-0.1, -0.05) is 17.7 Å². The number of benzene rings is 2. The van der Waals surface area contributed by atoms with Crippen molar-refractivity contribution in [3.8, 4) is 11.3 Å². The van der Waals surface area contributed by atoms with Crippen LogP contribution in [-0.2, 0) is 9.59 Å². The van der Waals surface area contributed by atoms with Crippen LogP contribution in [0, 0.1) is 13.8 Å². The summed E-state index contributed by atoms with van der Waals surface area (Å²) in [6.45, 7) is 3.67. The summed E-state index contributed by atoms with van der Waals surface area (Å²) in [5, 5.41) is 11.6. The van der Waals surface area contributed by atoms with Crippen LogP contribution in [0.2, 0.25) is 5.02 Å². The van der Waals surface area contributed by atoms with Gasteiger partial charge in [0.2, 0.25) is 0 Å². The minimum absolute atomic E-state index is 0.0233. The summed E-state index contributed by atoms with van der Waals surface area (Å²) in [4.78, 5) is 50.0.